The second kappa shape index (κ2) is 6.23. The average Bonchev–Trinajstić information content (AvgIpc) is 2.78. The van der Waals surface area contributed by atoms with Gasteiger partial charge in [0, 0.05) is 25.1 Å². The topological polar surface area (TPSA) is 71.2 Å². The molecule has 0 aliphatic heterocycles. The van der Waals surface area contributed by atoms with Crippen LogP contribution in [-0.4, -0.2) is 25.0 Å². The molecule has 106 valence electrons. The smallest absolute Gasteiger partial charge is 0.265 e. The van der Waals surface area contributed by atoms with E-state index in [1.807, 2.05) is 43.3 Å². The van der Waals surface area contributed by atoms with Gasteiger partial charge in [-0.05, 0) is 17.7 Å². The Labute approximate surface area is 129 Å². The Balaban J connectivity index is 2.05. The van der Waals surface area contributed by atoms with E-state index in [-0.39, 0.29) is 11.7 Å². The number of hydrogen-bond acceptors (Lipinski definition) is 5. The maximum Gasteiger partial charge on any atom is 0.265 e. The summed E-state index contributed by atoms with van der Waals surface area (Å²) < 4.78 is 0.983. The van der Waals surface area contributed by atoms with Gasteiger partial charge >= 0.3 is 0 Å². The Morgan fingerprint density at radius 3 is 2.85 bits per heavy atom. The van der Waals surface area contributed by atoms with Crippen molar-refractivity contribution < 1.29 is 4.79 Å². The second-order valence-corrected chi connectivity index (χ2v) is 6.31. The van der Waals surface area contributed by atoms with Gasteiger partial charge in [0.05, 0.1) is 0 Å². The van der Waals surface area contributed by atoms with Crippen LogP contribution in [0.5, 0.6) is 0 Å². The van der Waals surface area contributed by atoms with E-state index in [0.29, 0.717) is 11.4 Å². The summed E-state index contributed by atoms with van der Waals surface area (Å²) >= 11 is 4.68. The summed E-state index contributed by atoms with van der Waals surface area (Å²) in [5.74, 6) is 0.0681. The zero-order chi connectivity index (χ0) is 14.7. The highest BCUT2D eigenvalue weighted by Crippen LogP contribution is 2.26. The van der Waals surface area contributed by atoms with Crippen LogP contribution < -0.4 is 16.0 Å². The van der Waals surface area contributed by atoms with Gasteiger partial charge in [0.1, 0.15) is 10.7 Å². The minimum Gasteiger partial charge on any atom is -0.382 e. The third-order valence-corrected chi connectivity index (χ3v) is 4.30. The zero-order valence-corrected chi connectivity index (χ0v) is 13.6. The Bertz CT molecular complexity index is 627. The Hall–Kier alpha value is -1.60. The summed E-state index contributed by atoms with van der Waals surface area (Å²) in [7, 11) is 3.73. The fourth-order valence-corrected chi connectivity index (χ4v) is 2.85. The molecule has 1 aromatic heterocycles. The predicted octanol–water partition coefficient (Wildman–Crippen LogP) is 2.48. The van der Waals surface area contributed by atoms with Crippen molar-refractivity contribution in [1.82, 2.24) is 10.3 Å². The predicted molar refractivity (Wildman–Crippen MR) is 86.2 cm³/mol. The number of thiazole rings is 1. The Morgan fingerprint density at radius 1 is 1.50 bits per heavy atom. The third kappa shape index (κ3) is 3.49. The summed E-state index contributed by atoms with van der Waals surface area (Å²) in [5, 5.41) is 3.57. The molecule has 1 aromatic carbocycles. The van der Waals surface area contributed by atoms with Crippen molar-refractivity contribution in [2.24, 2.45) is 0 Å². The number of halogens is 1. The van der Waals surface area contributed by atoms with Crippen LogP contribution in [0.25, 0.3) is 0 Å². The Kier molecular flexibility index (Phi) is 4.61. The minimum absolute atomic E-state index is 0.201. The molecular formula is C13H15BrN4OS. The number of nitrogen functional groups attached to an aromatic ring is 1. The number of carbonyl (C=O) groups is 1. The first-order valence-electron chi connectivity index (χ1n) is 5.93. The van der Waals surface area contributed by atoms with Gasteiger partial charge in [-0.25, -0.2) is 4.98 Å². The molecule has 7 heteroatoms. The van der Waals surface area contributed by atoms with Crippen molar-refractivity contribution >= 4 is 44.1 Å². The lowest BCUT2D eigenvalue weighted by Gasteiger charge is -2.05. The monoisotopic (exact) mass is 354 g/mol. The molecule has 0 saturated heterocycles. The highest BCUT2D eigenvalue weighted by atomic mass is 79.9. The van der Waals surface area contributed by atoms with Gasteiger partial charge in [-0.1, -0.05) is 39.4 Å². The molecule has 0 radical (unpaired) electrons. The van der Waals surface area contributed by atoms with Gasteiger partial charge in [-0.3, -0.25) is 4.79 Å². The maximum absolute atomic E-state index is 12.1. The van der Waals surface area contributed by atoms with Gasteiger partial charge in [0.2, 0.25) is 0 Å². The van der Waals surface area contributed by atoms with Gasteiger partial charge in [-0.15, -0.1) is 0 Å². The van der Waals surface area contributed by atoms with Crippen molar-refractivity contribution in [3.63, 3.8) is 0 Å². The number of nitrogens with zero attached hydrogens (tertiary/aromatic N) is 2. The van der Waals surface area contributed by atoms with E-state index < -0.39 is 0 Å². The molecule has 0 atom stereocenters. The summed E-state index contributed by atoms with van der Waals surface area (Å²) in [5.41, 5.74) is 6.79. The molecule has 1 heterocycles. The molecule has 0 aliphatic rings. The van der Waals surface area contributed by atoms with Crippen molar-refractivity contribution in [3.8, 4) is 0 Å². The first kappa shape index (κ1) is 14.8. The summed E-state index contributed by atoms with van der Waals surface area (Å²) in [6.07, 6.45) is 0. The van der Waals surface area contributed by atoms with Crippen molar-refractivity contribution in [2.45, 2.75) is 6.54 Å². The average molecular weight is 355 g/mol. The summed E-state index contributed by atoms with van der Waals surface area (Å²) in [6, 6.07) is 7.78. The lowest BCUT2D eigenvalue weighted by molar-refractivity contribution is 0.0955. The molecule has 20 heavy (non-hydrogen) atoms. The number of hydrogen-bond donors (Lipinski definition) is 2. The number of nitrogens with one attached hydrogen (secondary N) is 1. The van der Waals surface area contributed by atoms with E-state index in [1.165, 1.54) is 11.3 Å². The molecule has 0 spiro atoms. The van der Waals surface area contributed by atoms with Crippen LogP contribution in [0, 0.1) is 0 Å². The number of anilines is 2. The highest BCUT2D eigenvalue weighted by molar-refractivity contribution is 9.10. The first-order chi connectivity index (χ1) is 9.47. The van der Waals surface area contributed by atoms with Gasteiger partial charge in [0.25, 0.3) is 5.91 Å². The molecule has 0 fully saturated rings. The van der Waals surface area contributed by atoms with Crippen LogP contribution in [0.1, 0.15) is 15.2 Å². The number of aromatic nitrogens is 1. The lowest BCUT2D eigenvalue weighted by Crippen LogP contribution is -2.22. The molecule has 0 saturated carbocycles. The summed E-state index contributed by atoms with van der Waals surface area (Å²) in [6.45, 7) is 0.451. The van der Waals surface area contributed by atoms with E-state index in [2.05, 4.69) is 26.2 Å². The van der Waals surface area contributed by atoms with E-state index in [0.717, 1.165) is 15.2 Å². The van der Waals surface area contributed by atoms with Crippen molar-refractivity contribution in [3.05, 3.63) is 39.2 Å². The van der Waals surface area contributed by atoms with E-state index in [9.17, 15) is 4.79 Å². The van der Waals surface area contributed by atoms with Crippen LogP contribution in [0.2, 0.25) is 0 Å². The fraction of sp³-hybridized carbons (Fsp3) is 0.231. The molecule has 0 aliphatic carbocycles. The third-order valence-electron chi connectivity index (χ3n) is 2.57. The van der Waals surface area contributed by atoms with Crippen LogP contribution in [0.4, 0.5) is 10.9 Å². The summed E-state index contributed by atoms with van der Waals surface area (Å²) in [4.78, 5) is 18.5. The number of benzene rings is 1. The van der Waals surface area contributed by atoms with E-state index in [1.54, 1.807) is 0 Å². The SMILES string of the molecule is CN(C)c1nc(N)c(C(=O)NCc2cccc(Br)c2)s1. The second-order valence-electron chi connectivity index (χ2n) is 4.42. The standard InChI is InChI=1S/C13H15BrN4OS/c1-18(2)13-17-11(15)10(20-13)12(19)16-7-8-4-3-5-9(14)6-8/h3-6H,7,15H2,1-2H3,(H,16,19). The highest BCUT2D eigenvalue weighted by Gasteiger charge is 2.16. The maximum atomic E-state index is 12.1. The molecule has 5 nitrogen and oxygen atoms in total. The van der Waals surface area contributed by atoms with E-state index in [4.69, 9.17) is 5.73 Å². The van der Waals surface area contributed by atoms with Crippen LogP contribution >= 0.6 is 27.3 Å². The van der Waals surface area contributed by atoms with Crippen LogP contribution in [-0.2, 0) is 6.54 Å². The number of nitrogens with two attached hydrogens (primary N) is 1. The molecule has 2 rings (SSSR count). The van der Waals surface area contributed by atoms with E-state index >= 15 is 0 Å². The van der Waals surface area contributed by atoms with Crippen LogP contribution in [0.3, 0.4) is 0 Å². The van der Waals surface area contributed by atoms with Crippen molar-refractivity contribution in [2.75, 3.05) is 24.7 Å². The molecular weight excluding hydrogens is 340 g/mol. The molecule has 0 bridgehead atoms. The minimum atomic E-state index is -0.201. The lowest BCUT2D eigenvalue weighted by atomic mass is 10.2. The van der Waals surface area contributed by atoms with Gasteiger partial charge in [-0.2, -0.15) is 0 Å². The zero-order valence-electron chi connectivity index (χ0n) is 11.2. The largest absolute Gasteiger partial charge is 0.382 e. The van der Waals surface area contributed by atoms with Gasteiger partial charge < -0.3 is 16.0 Å². The molecule has 0 unspecified atom stereocenters. The fourth-order valence-electron chi connectivity index (χ4n) is 1.58. The molecule has 2 aromatic rings. The van der Waals surface area contributed by atoms with Gasteiger partial charge in [0.15, 0.2) is 5.13 Å². The molecule has 3 N–H and O–H groups in total. The number of amides is 1. The number of rotatable bonds is 4. The first-order valence-corrected chi connectivity index (χ1v) is 7.54. The molecule has 1 amide bonds. The Morgan fingerprint density at radius 2 is 2.25 bits per heavy atom. The van der Waals surface area contributed by atoms with Crippen LogP contribution in [0.15, 0.2) is 28.7 Å². The quantitative estimate of drug-likeness (QED) is 0.884. The number of carbonyl (C=O) groups excluding carboxylic acids is 1. The van der Waals surface area contributed by atoms with Crippen molar-refractivity contribution in [1.29, 1.82) is 0 Å². The normalized spacial score (nSPS) is 10.3.